The zero-order valence-corrected chi connectivity index (χ0v) is 12.5. The van der Waals surface area contributed by atoms with E-state index in [-0.39, 0.29) is 18.2 Å². The topological polar surface area (TPSA) is 79.0 Å². The predicted octanol–water partition coefficient (Wildman–Crippen LogP) is 2.96. The molecule has 2 rings (SSSR count). The fourth-order valence-electron chi connectivity index (χ4n) is 2.05. The molecular formula is C14H17ClN4O2. The van der Waals surface area contributed by atoms with Gasteiger partial charge in [-0.2, -0.15) is 5.10 Å². The standard InChI is InChI=1S/C14H17ClN4O2/c1-9(18-14(20)19-12-7-16-17-8-12)13(21-2)10-3-5-11(15)6-4-10/h3-9,13H,1-2H3,(H,16,17)(H2,18,19,20)/t9-,13-/m0/s1. The molecule has 0 aliphatic carbocycles. The van der Waals surface area contributed by atoms with Crippen LogP contribution in [0.5, 0.6) is 0 Å². The Morgan fingerprint density at radius 1 is 1.38 bits per heavy atom. The summed E-state index contributed by atoms with van der Waals surface area (Å²) in [6, 6.07) is 6.80. The van der Waals surface area contributed by atoms with E-state index in [9.17, 15) is 4.79 Å². The quantitative estimate of drug-likeness (QED) is 0.794. The summed E-state index contributed by atoms with van der Waals surface area (Å²) in [5, 5.41) is 12.5. The SMILES string of the molecule is CO[C@H](c1ccc(Cl)cc1)[C@H](C)NC(=O)Nc1cn[nH]c1. The molecule has 2 amide bonds. The van der Waals surface area contributed by atoms with Crippen molar-refractivity contribution in [1.29, 1.82) is 0 Å². The Kier molecular flexibility index (Phi) is 5.19. The highest BCUT2D eigenvalue weighted by Gasteiger charge is 2.20. The van der Waals surface area contributed by atoms with Crippen molar-refractivity contribution >= 4 is 23.3 Å². The van der Waals surface area contributed by atoms with Gasteiger partial charge in [0.25, 0.3) is 0 Å². The van der Waals surface area contributed by atoms with Crippen molar-refractivity contribution in [3.63, 3.8) is 0 Å². The van der Waals surface area contributed by atoms with E-state index >= 15 is 0 Å². The maximum absolute atomic E-state index is 11.9. The Bertz CT molecular complexity index is 571. The number of nitrogens with zero attached hydrogens (tertiary/aromatic N) is 1. The first-order valence-electron chi connectivity index (χ1n) is 6.44. The average Bonchev–Trinajstić information content (AvgIpc) is 2.94. The zero-order chi connectivity index (χ0) is 15.2. The van der Waals surface area contributed by atoms with Gasteiger partial charge in [-0.3, -0.25) is 5.10 Å². The number of H-pyrrole nitrogens is 1. The maximum Gasteiger partial charge on any atom is 0.319 e. The lowest BCUT2D eigenvalue weighted by Crippen LogP contribution is -2.40. The summed E-state index contributed by atoms with van der Waals surface area (Å²) < 4.78 is 5.47. The summed E-state index contributed by atoms with van der Waals surface area (Å²) in [7, 11) is 1.60. The Morgan fingerprint density at radius 3 is 2.67 bits per heavy atom. The number of rotatable bonds is 5. The first-order chi connectivity index (χ1) is 10.1. The highest BCUT2D eigenvalue weighted by Crippen LogP contribution is 2.22. The van der Waals surface area contributed by atoms with Gasteiger partial charge in [-0.05, 0) is 24.6 Å². The molecule has 0 bridgehead atoms. The van der Waals surface area contributed by atoms with Crippen molar-refractivity contribution in [3.05, 3.63) is 47.2 Å². The normalized spacial score (nSPS) is 13.5. The van der Waals surface area contributed by atoms with Crippen LogP contribution in [0.25, 0.3) is 0 Å². The third-order valence-electron chi connectivity index (χ3n) is 3.02. The number of aromatic nitrogens is 2. The van der Waals surface area contributed by atoms with Gasteiger partial charge in [-0.1, -0.05) is 23.7 Å². The minimum Gasteiger partial charge on any atom is -0.375 e. The summed E-state index contributed by atoms with van der Waals surface area (Å²) >= 11 is 5.87. The van der Waals surface area contributed by atoms with Crippen molar-refractivity contribution in [3.8, 4) is 0 Å². The van der Waals surface area contributed by atoms with Crippen LogP contribution in [0.4, 0.5) is 10.5 Å². The van der Waals surface area contributed by atoms with Crippen LogP contribution in [0.1, 0.15) is 18.6 Å². The number of methoxy groups -OCH3 is 1. The van der Waals surface area contributed by atoms with E-state index in [2.05, 4.69) is 20.8 Å². The van der Waals surface area contributed by atoms with Crippen molar-refractivity contribution in [2.45, 2.75) is 19.1 Å². The lowest BCUT2D eigenvalue weighted by atomic mass is 10.0. The van der Waals surface area contributed by atoms with Gasteiger partial charge in [-0.25, -0.2) is 4.79 Å². The molecule has 1 aromatic carbocycles. The monoisotopic (exact) mass is 308 g/mol. The maximum atomic E-state index is 11.9. The van der Waals surface area contributed by atoms with Crippen LogP contribution in [0.3, 0.4) is 0 Å². The first-order valence-corrected chi connectivity index (χ1v) is 6.82. The number of carbonyl (C=O) groups excluding carboxylic acids is 1. The molecule has 7 heteroatoms. The van der Waals surface area contributed by atoms with Gasteiger partial charge in [0.05, 0.1) is 17.9 Å². The first kappa shape index (κ1) is 15.3. The second-order valence-electron chi connectivity index (χ2n) is 4.58. The van der Waals surface area contributed by atoms with E-state index in [1.165, 1.54) is 6.20 Å². The molecular weight excluding hydrogens is 292 g/mol. The van der Waals surface area contributed by atoms with E-state index in [0.29, 0.717) is 10.7 Å². The second kappa shape index (κ2) is 7.10. The molecule has 3 N–H and O–H groups in total. The molecule has 0 fully saturated rings. The Hall–Kier alpha value is -2.05. The molecule has 6 nitrogen and oxygen atoms in total. The van der Waals surface area contributed by atoms with Crippen molar-refractivity contribution in [2.24, 2.45) is 0 Å². The van der Waals surface area contributed by atoms with Crippen LogP contribution in [-0.4, -0.2) is 29.4 Å². The summed E-state index contributed by atoms with van der Waals surface area (Å²) in [4.78, 5) is 11.9. The number of halogens is 1. The Labute approximate surface area is 127 Å². The van der Waals surface area contributed by atoms with Crippen LogP contribution >= 0.6 is 11.6 Å². The minimum absolute atomic E-state index is 0.219. The molecule has 0 aliphatic rings. The molecule has 0 radical (unpaired) electrons. The molecule has 0 unspecified atom stereocenters. The van der Waals surface area contributed by atoms with E-state index in [0.717, 1.165) is 5.56 Å². The molecule has 2 atom stereocenters. The van der Waals surface area contributed by atoms with Crippen molar-refractivity contribution in [2.75, 3.05) is 12.4 Å². The summed E-state index contributed by atoms with van der Waals surface area (Å²) in [5.41, 5.74) is 1.54. The smallest absolute Gasteiger partial charge is 0.319 e. The minimum atomic E-state index is -0.320. The number of amides is 2. The van der Waals surface area contributed by atoms with E-state index in [1.807, 2.05) is 19.1 Å². The molecule has 0 spiro atoms. The molecule has 2 aromatic rings. The zero-order valence-electron chi connectivity index (χ0n) is 11.8. The molecule has 1 heterocycles. The number of hydrogen-bond acceptors (Lipinski definition) is 3. The lowest BCUT2D eigenvalue weighted by molar-refractivity contribution is 0.0770. The third-order valence-corrected chi connectivity index (χ3v) is 3.27. The van der Waals surface area contributed by atoms with Crippen LogP contribution < -0.4 is 10.6 Å². The molecule has 0 aliphatic heterocycles. The second-order valence-corrected chi connectivity index (χ2v) is 5.02. The fourth-order valence-corrected chi connectivity index (χ4v) is 2.18. The van der Waals surface area contributed by atoms with Gasteiger partial charge in [0, 0.05) is 18.3 Å². The largest absolute Gasteiger partial charge is 0.375 e. The highest BCUT2D eigenvalue weighted by atomic mass is 35.5. The summed E-state index contributed by atoms with van der Waals surface area (Å²) in [6.07, 6.45) is 2.85. The van der Waals surface area contributed by atoms with Gasteiger partial charge in [0.1, 0.15) is 6.10 Å². The van der Waals surface area contributed by atoms with Crippen molar-refractivity contribution in [1.82, 2.24) is 15.5 Å². The number of aromatic amines is 1. The van der Waals surface area contributed by atoms with E-state index < -0.39 is 0 Å². The average molecular weight is 309 g/mol. The van der Waals surface area contributed by atoms with Crippen molar-refractivity contribution < 1.29 is 9.53 Å². The van der Waals surface area contributed by atoms with Crippen LogP contribution in [-0.2, 0) is 4.74 Å². The number of nitrogens with one attached hydrogen (secondary N) is 3. The van der Waals surface area contributed by atoms with Gasteiger partial charge in [-0.15, -0.1) is 0 Å². The van der Waals surface area contributed by atoms with Gasteiger partial charge in [0.15, 0.2) is 0 Å². The lowest BCUT2D eigenvalue weighted by Gasteiger charge is -2.24. The third kappa shape index (κ3) is 4.21. The fraction of sp³-hybridized carbons (Fsp3) is 0.286. The van der Waals surface area contributed by atoms with Crippen LogP contribution in [0.15, 0.2) is 36.7 Å². The molecule has 112 valence electrons. The van der Waals surface area contributed by atoms with E-state index in [1.54, 1.807) is 25.4 Å². The highest BCUT2D eigenvalue weighted by molar-refractivity contribution is 6.30. The molecule has 21 heavy (non-hydrogen) atoms. The number of benzene rings is 1. The number of urea groups is 1. The van der Waals surface area contributed by atoms with Gasteiger partial charge >= 0.3 is 6.03 Å². The predicted molar refractivity (Wildman–Crippen MR) is 81.4 cm³/mol. The van der Waals surface area contributed by atoms with E-state index in [4.69, 9.17) is 16.3 Å². The molecule has 1 aromatic heterocycles. The summed E-state index contributed by atoms with van der Waals surface area (Å²) in [5.74, 6) is 0. The number of hydrogen-bond donors (Lipinski definition) is 3. The number of anilines is 1. The summed E-state index contributed by atoms with van der Waals surface area (Å²) in [6.45, 7) is 1.87. The Balaban J connectivity index is 1.98. The molecule has 0 saturated carbocycles. The van der Waals surface area contributed by atoms with Crippen LogP contribution in [0.2, 0.25) is 5.02 Å². The number of ether oxygens (including phenoxy) is 1. The van der Waals surface area contributed by atoms with Crippen LogP contribution in [0, 0.1) is 0 Å². The Morgan fingerprint density at radius 2 is 2.10 bits per heavy atom. The van der Waals surface area contributed by atoms with Gasteiger partial charge < -0.3 is 15.4 Å². The molecule has 0 saturated heterocycles. The number of carbonyl (C=O) groups is 1. The van der Waals surface area contributed by atoms with Gasteiger partial charge in [0.2, 0.25) is 0 Å².